The predicted molar refractivity (Wildman–Crippen MR) is 89.9 cm³/mol. The first kappa shape index (κ1) is 21.7. The molecule has 0 spiro atoms. The van der Waals surface area contributed by atoms with Crippen LogP contribution in [0.4, 0.5) is 0 Å². The van der Waals surface area contributed by atoms with E-state index in [1.807, 2.05) is 0 Å². The van der Waals surface area contributed by atoms with Gasteiger partial charge in [-0.25, -0.2) is 0 Å². The third kappa shape index (κ3) is 16.1. The van der Waals surface area contributed by atoms with Crippen LogP contribution in [0.25, 0.3) is 0 Å². The average molecular weight is 320 g/mol. The lowest BCUT2D eigenvalue weighted by molar-refractivity contribution is 0.0524. The highest BCUT2D eigenvalue weighted by Gasteiger charge is 2.05. The molecule has 0 aliphatic heterocycles. The van der Waals surface area contributed by atoms with Gasteiger partial charge in [-0.2, -0.15) is 0 Å². The molecule has 0 aliphatic rings. The van der Waals surface area contributed by atoms with Crippen molar-refractivity contribution in [1.29, 1.82) is 0 Å². The molecular weight excluding hydrogens is 284 g/mol. The fourth-order valence-corrected chi connectivity index (χ4v) is 1.78. The maximum atomic E-state index is 5.56. The Morgan fingerprint density at radius 3 is 1.09 bits per heavy atom. The van der Waals surface area contributed by atoms with Gasteiger partial charge < -0.3 is 31.4 Å². The standard InChI is InChI=1S/C15H36N4O3/c16-4-1-10-20-13-7-19(8-14-21-11-2-5-17)9-15-22-12-3-6-18/h1-18H2. The Morgan fingerprint density at radius 1 is 0.500 bits per heavy atom. The molecule has 0 amide bonds. The van der Waals surface area contributed by atoms with Crippen molar-refractivity contribution in [2.45, 2.75) is 19.3 Å². The molecule has 0 aromatic rings. The lowest BCUT2D eigenvalue weighted by Crippen LogP contribution is -2.34. The molecule has 6 N–H and O–H groups in total. The first-order valence-electron chi connectivity index (χ1n) is 8.41. The summed E-state index contributed by atoms with van der Waals surface area (Å²) in [5.41, 5.74) is 16.3. The molecule has 0 aromatic carbocycles. The van der Waals surface area contributed by atoms with Crippen LogP contribution in [-0.2, 0) is 14.2 Å². The topological polar surface area (TPSA) is 109 Å². The predicted octanol–water partition coefficient (Wildman–Crippen LogP) is -0.615. The zero-order valence-corrected chi connectivity index (χ0v) is 14.0. The Hall–Kier alpha value is -0.280. The van der Waals surface area contributed by atoms with Crippen molar-refractivity contribution in [2.75, 3.05) is 78.9 Å². The monoisotopic (exact) mass is 320 g/mol. The first-order valence-corrected chi connectivity index (χ1v) is 8.41. The Morgan fingerprint density at radius 2 is 0.818 bits per heavy atom. The van der Waals surface area contributed by atoms with Crippen LogP contribution in [0.15, 0.2) is 0 Å². The van der Waals surface area contributed by atoms with Crippen molar-refractivity contribution in [3.8, 4) is 0 Å². The van der Waals surface area contributed by atoms with Gasteiger partial charge in [0.05, 0.1) is 19.8 Å². The summed E-state index contributed by atoms with van der Waals surface area (Å²) in [4.78, 5) is 2.30. The summed E-state index contributed by atoms with van der Waals surface area (Å²) in [6.07, 6.45) is 2.72. The Balaban J connectivity index is 3.72. The van der Waals surface area contributed by atoms with Crippen molar-refractivity contribution in [2.24, 2.45) is 17.2 Å². The summed E-state index contributed by atoms with van der Waals surface area (Å²) in [6.45, 7) is 8.98. The van der Waals surface area contributed by atoms with Crippen LogP contribution in [0.3, 0.4) is 0 Å². The summed E-state index contributed by atoms with van der Waals surface area (Å²) in [5, 5.41) is 0. The third-order valence-corrected chi connectivity index (χ3v) is 3.13. The number of ether oxygens (including phenoxy) is 3. The summed E-state index contributed by atoms with van der Waals surface area (Å²) >= 11 is 0. The van der Waals surface area contributed by atoms with Gasteiger partial charge in [0.2, 0.25) is 0 Å². The molecule has 7 heteroatoms. The second-order valence-corrected chi connectivity index (χ2v) is 5.11. The van der Waals surface area contributed by atoms with E-state index in [0.717, 1.165) is 58.7 Å². The summed E-state index contributed by atoms with van der Waals surface area (Å²) in [5.74, 6) is 0. The van der Waals surface area contributed by atoms with Gasteiger partial charge in [0.1, 0.15) is 0 Å². The minimum Gasteiger partial charge on any atom is -0.380 e. The van der Waals surface area contributed by atoms with Gasteiger partial charge in [-0.3, -0.25) is 4.90 Å². The van der Waals surface area contributed by atoms with E-state index in [-0.39, 0.29) is 0 Å². The van der Waals surface area contributed by atoms with E-state index >= 15 is 0 Å². The Labute approximate surface area is 135 Å². The molecule has 0 unspecified atom stereocenters. The molecule has 0 aromatic heterocycles. The van der Waals surface area contributed by atoms with Gasteiger partial charge >= 0.3 is 0 Å². The Bertz CT molecular complexity index is 178. The van der Waals surface area contributed by atoms with Gasteiger partial charge in [0, 0.05) is 39.5 Å². The molecule has 0 radical (unpaired) electrons. The van der Waals surface area contributed by atoms with Crippen LogP contribution in [-0.4, -0.2) is 83.8 Å². The number of nitrogens with two attached hydrogens (primary N) is 3. The quantitative estimate of drug-likeness (QED) is 0.289. The van der Waals surface area contributed by atoms with Crippen LogP contribution in [0.2, 0.25) is 0 Å². The van der Waals surface area contributed by atoms with Crippen LogP contribution < -0.4 is 17.2 Å². The fourth-order valence-electron chi connectivity index (χ4n) is 1.78. The number of rotatable bonds is 18. The summed E-state index contributed by atoms with van der Waals surface area (Å²) in [6, 6.07) is 0. The minimum absolute atomic E-state index is 0.674. The lowest BCUT2D eigenvalue weighted by Gasteiger charge is -2.22. The molecule has 0 rings (SSSR count). The van der Waals surface area contributed by atoms with Crippen LogP contribution in [0, 0.1) is 0 Å². The second-order valence-electron chi connectivity index (χ2n) is 5.11. The van der Waals surface area contributed by atoms with Crippen LogP contribution >= 0.6 is 0 Å². The molecule has 7 nitrogen and oxygen atoms in total. The van der Waals surface area contributed by atoms with E-state index in [1.54, 1.807) is 0 Å². The van der Waals surface area contributed by atoms with E-state index in [2.05, 4.69) is 4.90 Å². The highest BCUT2D eigenvalue weighted by Crippen LogP contribution is 1.93. The normalized spacial score (nSPS) is 11.5. The van der Waals surface area contributed by atoms with E-state index in [4.69, 9.17) is 31.4 Å². The second kappa shape index (κ2) is 18.8. The van der Waals surface area contributed by atoms with Gasteiger partial charge in [-0.05, 0) is 38.9 Å². The summed E-state index contributed by atoms with van der Waals surface area (Å²) < 4.78 is 16.7. The highest BCUT2D eigenvalue weighted by atomic mass is 16.5. The summed E-state index contributed by atoms with van der Waals surface area (Å²) in [7, 11) is 0. The first-order chi connectivity index (χ1) is 10.8. The van der Waals surface area contributed by atoms with Crippen molar-refractivity contribution in [3.05, 3.63) is 0 Å². The number of hydrogen-bond acceptors (Lipinski definition) is 7. The van der Waals surface area contributed by atoms with E-state index in [9.17, 15) is 0 Å². The number of hydrogen-bond donors (Lipinski definition) is 3. The molecule has 134 valence electrons. The van der Waals surface area contributed by atoms with Crippen molar-refractivity contribution >= 4 is 0 Å². The molecule has 22 heavy (non-hydrogen) atoms. The number of nitrogens with zero attached hydrogens (tertiary/aromatic N) is 1. The van der Waals surface area contributed by atoms with E-state index in [0.29, 0.717) is 39.5 Å². The van der Waals surface area contributed by atoms with Crippen molar-refractivity contribution in [1.82, 2.24) is 4.90 Å². The Kier molecular flexibility index (Phi) is 18.5. The fraction of sp³-hybridized carbons (Fsp3) is 1.00. The van der Waals surface area contributed by atoms with Gasteiger partial charge in [-0.1, -0.05) is 0 Å². The van der Waals surface area contributed by atoms with Gasteiger partial charge in [0.15, 0.2) is 0 Å². The third-order valence-electron chi connectivity index (χ3n) is 3.13. The van der Waals surface area contributed by atoms with Crippen molar-refractivity contribution in [3.63, 3.8) is 0 Å². The zero-order chi connectivity index (χ0) is 16.3. The molecule has 0 saturated carbocycles. The zero-order valence-electron chi connectivity index (χ0n) is 14.0. The molecule has 0 heterocycles. The van der Waals surface area contributed by atoms with E-state index in [1.165, 1.54) is 0 Å². The largest absolute Gasteiger partial charge is 0.380 e. The lowest BCUT2D eigenvalue weighted by atomic mass is 10.4. The smallest absolute Gasteiger partial charge is 0.0593 e. The van der Waals surface area contributed by atoms with Crippen molar-refractivity contribution < 1.29 is 14.2 Å². The maximum absolute atomic E-state index is 5.56. The average Bonchev–Trinajstić information content (AvgIpc) is 2.53. The molecule has 0 bridgehead atoms. The van der Waals surface area contributed by atoms with Gasteiger partial charge in [0.25, 0.3) is 0 Å². The molecule has 0 aliphatic carbocycles. The van der Waals surface area contributed by atoms with E-state index < -0.39 is 0 Å². The molecular formula is C15H36N4O3. The SMILES string of the molecule is NCCCOCCN(CCOCCCN)CCOCCCN. The molecule has 0 atom stereocenters. The molecule has 0 fully saturated rings. The van der Waals surface area contributed by atoms with Crippen LogP contribution in [0.5, 0.6) is 0 Å². The minimum atomic E-state index is 0.674. The highest BCUT2D eigenvalue weighted by molar-refractivity contribution is 4.57. The van der Waals surface area contributed by atoms with Gasteiger partial charge in [-0.15, -0.1) is 0 Å². The van der Waals surface area contributed by atoms with Crippen LogP contribution in [0.1, 0.15) is 19.3 Å². The molecule has 0 saturated heterocycles. The maximum Gasteiger partial charge on any atom is 0.0593 e.